The van der Waals surface area contributed by atoms with Crippen molar-refractivity contribution in [3.63, 3.8) is 0 Å². The maximum absolute atomic E-state index is 6.37. The first kappa shape index (κ1) is 31.3. The van der Waals surface area contributed by atoms with Crippen LogP contribution in [0, 0.1) is 0 Å². The first-order valence-corrected chi connectivity index (χ1v) is 18.8. The zero-order chi connectivity index (χ0) is 35.3. The maximum atomic E-state index is 6.37. The van der Waals surface area contributed by atoms with Crippen LogP contribution in [0.3, 0.4) is 0 Å². The number of fused-ring (bicyclic) bond motifs is 6. The molecule has 1 heterocycles. The Balaban J connectivity index is 1.18. The van der Waals surface area contributed by atoms with Crippen LogP contribution in [0.5, 0.6) is 0 Å². The van der Waals surface area contributed by atoms with Gasteiger partial charge < -0.3 is 4.42 Å². The molecule has 0 aliphatic heterocycles. The van der Waals surface area contributed by atoms with Crippen molar-refractivity contribution in [3.8, 4) is 44.5 Å². The third-order valence-electron chi connectivity index (χ3n) is 11.1. The van der Waals surface area contributed by atoms with Gasteiger partial charge in [0.25, 0.3) is 0 Å². The second kappa shape index (κ2) is 13.0. The summed E-state index contributed by atoms with van der Waals surface area (Å²) in [6.45, 7) is 2.27. The van der Waals surface area contributed by atoms with Crippen molar-refractivity contribution in [1.82, 2.24) is 0 Å². The molecule has 0 fully saturated rings. The first-order chi connectivity index (χ1) is 26.3. The SMILES string of the molecule is CCCCc1ccc(-c2ccc3c(-c4c5ccccc5c(-c5cccc6oc7ccccc7c56)c5ccccc45)cccc3c2)cc1-c1ccccc1. The number of rotatable bonds is 7. The van der Waals surface area contributed by atoms with E-state index in [0.717, 1.165) is 28.4 Å². The van der Waals surface area contributed by atoms with Crippen LogP contribution in [0.25, 0.3) is 98.8 Å². The second-order valence-electron chi connectivity index (χ2n) is 14.2. The molecular formula is C52H38O. The van der Waals surface area contributed by atoms with Gasteiger partial charge in [-0.25, -0.2) is 0 Å². The number of para-hydroxylation sites is 1. The van der Waals surface area contributed by atoms with Gasteiger partial charge in [0, 0.05) is 10.8 Å². The number of hydrogen-bond donors (Lipinski definition) is 0. The molecule has 1 nitrogen and oxygen atoms in total. The Hall–Kier alpha value is -6.44. The van der Waals surface area contributed by atoms with Crippen molar-refractivity contribution in [2.75, 3.05) is 0 Å². The molecule has 0 aliphatic carbocycles. The molecule has 0 aliphatic rings. The molecule has 0 amide bonds. The number of aryl methyl sites for hydroxylation is 1. The fraction of sp³-hybridized carbons (Fsp3) is 0.0769. The van der Waals surface area contributed by atoms with E-state index in [1.54, 1.807) is 0 Å². The molecule has 10 rings (SSSR count). The molecule has 10 aromatic rings. The summed E-state index contributed by atoms with van der Waals surface area (Å²) in [5.41, 5.74) is 13.3. The third kappa shape index (κ3) is 5.23. The molecule has 9 aromatic carbocycles. The summed E-state index contributed by atoms with van der Waals surface area (Å²) in [6, 6.07) is 64.5. The average molecular weight is 679 g/mol. The van der Waals surface area contributed by atoms with Gasteiger partial charge in [-0.05, 0) is 119 Å². The second-order valence-corrected chi connectivity index (χ2v) is 14.2. The monoisotopic (exact) mass is 678 g/mol. The molecule has 0 saturated heterocycles. The van der Waals surface area contributed by atoms with Crippen LogP contribution in [-0.2, 0) is 6.42 Å². The van der Waals surface area contributed by atoms with Crippen LogP contribution in [-0.4, -0.2) is 0 Å². The van der Waals surface area contributed by atoms with Gasteiger partial charge in [-0.3, -0.25) is 0 Å². The standard InChI is InChI=1S/C52H38O/c1-2-3-15-35-28-29-37(33-47(35)34-16-5-4-6-17-34)36-30-31-39-38(32-36)18-13-24-40(39)50-41-19-7-9-21-43(41)51(44-22-10-8-20-42(44)50)46-25-14-27-49-52(46)45-23-11-12-26-48(45)53-49/h4-14,16-33H,2-3,15H2,1H3. The highest BCUT2D eigenvalue weighted by atomic mass is 16.3. The van der Waals surface area contributed by atoms with Crippen molar-refractivity contribution >= 4 is 54.3 Å². The lowest BCUT2D eigenvalue weighted by Crippen LogP contribution is -1.93. The average Bonchev–Trinajstić information content (AvgIpc) is 3.61. The fourth-order valence-corrected chi connectivity index (χ4v) is 8.60. The Morgan fingerprint density at radius 3 is 1.72 bits per heavy atom. The van der Waals surface area contributed by atoms with Crippen molar-refractivity contribution in [3.05, 3.63) is 181 Å². The summed E-state index contributed by atoms with van der Waals surface area (Å²) >= 11 is 0. The quantitative estimate of drug-likeness (QED) is 0.153. The zero-order valence-electron chi connectivity index (χ0n) is 29.8. The van der Waals surface area contributed by atoms with Crippen LogP contribution < -0.4 is 0 Å². The van der Waals surface area contributed by atoms with E-state index in [1.165, 1.54) is 95.2 Å². The Morgan fingerprint density at radius 2 is 0.981 bits per heavy atom. The summed E-state index contributed by atoms with van der Waals surface area (Å²) < 4.78 is 6.37. The number of hydrogen-bond acceptors (Lipinski definition) is 1. The topological polar surface area (TPSA) is 13.1 Å². The Morgan fingerprint density at radius 1 is 0.396 bits per heavy atom. The summed E-state index contributed by atoms with van der Waals surface area (Å²) in [6.07, 6.45) is 3.48. The molecule has 0 saturated carbocycles. The summed E-state index contributed by atoms with van der Waals surface area (Å²) in [7, 11) is 0. The molecule has 252 valence electrons. The fourth-order valence-electron chi connectivity index (χ4n) is 8.60. The van der Waals surface area contributed by atoms with E-state index in [2.05, 4.69) is 177 Å². The van der Waals surface area contributed by atoms with Crippen molar-refractivity contribution in [2.45, 2.75) is 26.2 Å². The Labute approximate surface area is 309 Å². The summed E-state index contributed by atoms with van der Waals surface area (Å²) in [5, 5.41) is 9.78. The highest BCUT2D eigenvalue weighted by Gasteiger charge is 2.21. The molecular weight excluding hydrogens is 641 g/mol. The van der Waals surface area contributed by atoms with E-state index in [-0.39, 0.29) is 0 Å². The zero-order valence-corrected chi connectivity index (χ0v) is 29.8. The molecule has 1 heteroatoms. The molecule has 0 radical (unpaired) electrons. The van der Waals surface area contributed by atoms with E-state index in [1.807, 2.05) is 6.07 Å². The lowest BCUT2D eigenvalue weighted by atomic mass is 9.83. The highest BCUT2D eigenvalue weighted by Crippen LogP contribution is 2.48. The molecule has 0 atom stereocenters. The van der Waals surface area contributed by atoms with Crippen LogP contribution in [0.2, 0.25) is 0 Å². The molecule has 0 bridgehead atoms. The van der Waals surface area contributed by atoms with Gasteiger partial charge in [0.05, 0.1) is 0 Å². The van der Waals surface area contributed by atoms with Gasteiger partial charge in [-0.2, -0.15) is 0 Å². The van der Waals surface area contributed by atoms with E-state index in [4.69, 9.17) is 4.42 Å². The maximum Gasteiger partial charge on any atom is 0.136 e. The van der Waals surface area contributed by atoms with Gasteiger partial charge in [0.2, 0.25) is 0 Å². The Kier molecular flexibility index (Phi) is 7.65. The molecule has 0 N–H and O–H groups in total. The minimum Gasteiger partial charge on any atom is -0.456 e. The van der Waals surface area contributed by atoms with E-state index in [9.17, 15) is 0 Å². The number of unbranched alkanes of at least 4 members (excludes halogenated alkanes) is 1. The van der Waals surface area contributed by atoms with E-state index in [0.29, 0.717) is 0 Å². The lowest BCUT2D eigenvalue weighted by Gasteiger charge is -2.19. The summed E-state index contributed by atoms with van der Waals surface area (Å²) in [5.74, 6) is 0. The van der Waals surface area contributed by atoms with Gasteiger partial charge in [0.15, 0.2) is 0 Å². The van der Waals surface area contributed by atoms with Gasteiger partial charge in [-0.15, -0.1) is 0 Å². The third-order valence-corrected chi connectivity index (χ3v) is 11.1. The lowest BCUT2D eigenvalue weighted by molar-refractivity contribution is 0.669. The number of benzene rings is 9. The normalized spacial score (nSPS) is 11.7. The molecule has 53 heavy (non-hydrogen) atoms. The van der Waals surface area contributed by atoms with Crippen molar-refractivity contribution in [1.29, 1.82) is 0 Å². The highest BCUT2D eigenvalue weighted by molar-refractivity contribution is 6.27. The smallest absolute Gasteiger partial charge is 0.136 e. The largest absolute Gasteiger partial charge is 0.456 e. The Bertz CT molecular complexity index is 2920. The molecule has 0 spiro atoms. The van der Waals surface area contributed by atoms with Crippen LogP contribution in [0.15, 0.2) is 180 Å². The summed E-state index contributed by atoms with van der Waals surface area (Å²) in [4.78, 5) is 0. The number of furan rings is 1. The van der Waals surface area contributed by atoms with Crippen LogP contribution in [0.1, 0.15) is 25.3 Å². The predicted octanol–water partition coefficient (Wildman–Crippen LogP) is 15.1. The van der Waals surface area contributed by atoms with Crippen LogP contribution in [0.4, 0.5) is 0 Å². The molecule has 0 unspecified atom stereocenters. The van der Waals surface area contributed by atoms with E-state index < -0.39 is 0 Å². The van der Waals surface area contributed by atoms with Crippen molar-refractivity contribution in [2.24, 2.45) is 0 Å². The predicted molar refractivity (Wildman–Crippen MR) is 227 cm³/mol. The van der Waals surface area contributed by atoms with Gasteiger partial charge in [-0.1, -0.05) is 165 Å². The van der Waals surface area contributed by atoms with Gasteiger partial charge >= 0.3 is 0 Å². The minimum atomic E-state index is 0.914. The van der Waals surface area contributed by atoms with Gasteiger partial charge in [0.1, 0.15) is 11.2 Å². The first-order valence-electron chi connectivity index (χ1n) is 18.8. The van der Waals surface area contributed by atoms with Crippen LogP contribution >= 0.6 is 0 Å². The van der Waals surface area contributed by atoms with Crippen molar-refractivity contribution < 1.29 is 4.42 Å². The molecule has 1 aromatic heterocycles. The van der Waals surface area contributed by atoms with E-state index >= 15 is 0 Å². The minimum absolute atomic E-state index is 0.914.